The molecule has 1 saturated carbocycles. The second-order valence-corrected chi connectivity index (χ2v) is 5.09. The van der Waals surface area contributed by atoms with Gasteiger partial charge in [-0.15, -0.1) is 0 Å². The van der Waals surface area contributed by atoms with Crippen LogP contribution in [0.15, 0.2) is 0 Å². The first-order chi connectivity index (χ1) is 9.50. The molecule has 7 heteroatoms. The fraction of sp³-hybridized carbons (Fsp3) is 0.846. The normalized spacial score (nSPS) is 19.1. The average molecular weight is 288 g/mol. The van der Waals surface area contributed by atoms with Crippen LogP contribution in [-0.4, -0.2) is 53.6 Å². The molecule has 1 rings (SSSR count). The van der Waals surface area contributed by atoms with Crippen LogP contribution in [0.3, 0.4) is 0 Å². The summed E-state index contributed by atoms with van der Waals surface area (Å²) in [5, 5.41) is 22.7. The zero-order valence-corrected chi connectivity index (χ0v) is 11.8. The van der Waals surface area contributed by atoms with Crippen molar-refractivity contribution in [3.8, 4) is 0 Å². The number of aliphatic hydroxyl groups is 1. The zero-order chi connectivity index (χ0) is 15.0. The van der Waals surface area contributed by atoms with Crippen molar-refractivity contribution in [2.45, 2.75) is 57.3 Å². The highest BCUT2D eigenvalue weighted by molar-refractivity contribution is 5.82. The van der Waals surface area contributed by atoms with Crippen molar-refractivity contribution in [3.63, 3.8) is 0 Å². The first-order valence-corrected chi connectivity index (χ1v) is 7.07. The average Bonchev–Trinajstić information content (AvgIpc) is 2.41. The Bertz CT molecular complexity index is 316. The Balaban J connectivity index is 2.14. The molecule has 1 fully saturated rings. The SMILES string of the molecule is CC(O)C(NC(=O)NCCOC1CCCCC1)C(=O)O. The fourth-order valence-electron chi connectivity index (χ4n) is 2.20. The van der Waals surface area contributed by atoms with Crippen LogP contribution in [0.1, 0.15) is 39.0 Å². The first-order valence-electron chi connectivity index (χ1n) is 7.07. The largest absolute Gasteiger partial charge is 0.480 e. The van der Waals surface area contributed by atoms with Crippen molar-refractivity contribution in [2.75, 3.05) is 13.2 Å². The number of nitrogens with one attached hydrogen (secondary N) is 2. The Morgan fingerprint density at radius 2 is 1.95 bits per heavy atom. The maximum absolute atomic E-state index is 11.5. The molecule has 0 saturated heterocycles. The molecule has 2 atom stereocenters. The third-order valence-electron chi connectivity index (χ3n) is 3.33. The van der Waals surface area contributed by atoms with Gasteiger partial charge in [-0.2, -0.15) is 0 Å². The number of hydrogen-bond donors (Lipinski definition) is 4. The number of amides is 2. The van der Waals surface area contributed by atoms with Gasteiger partial charge in [-0.25, -0.2) is 9.59 Å². The van der Waals surface area contributed by atoms with E-state index in [2.05, 4.69) is 10.6 Å². The Kier molecular flexibility index (Phi) is 7.32. The maximum atomic E-state index is 11.5. The van der Waals surface area contributed by atoms with Crippen LogP contribution in [0.25, 0.3) is 0 Å². The molecular weight excluding hydrogens is 264 g/mol. The van der Waals surface area contributed by atoms with Gasteiger partial charge in [0.15, 0.2) is 6.04 Å². The fourth-order valence-corrected chi connectivity index (χ4v) is 2.20. The highest BCUT2D eigenvalue weighted by Gasteiger charge is 2.24. The summed E-state index contributed by atoms with van der Waals surface area (Å²) in [4.78, 5) is 22.2. The van der Waals surface area contributed by atoms with E-state index in [9.17, 15) is 14.7 Å². The first kappa shape index (κ1) is 16.7. The van der Waals surface area contributed by atoms with Gasteiger partial charge in [0, 0.05) is 6.54 Å². The van der Waals surface area contributed by atoms with Crippen molar-refractivity contribution < 1.29 is 24.5 Å². The van der Waals surface area contributed by atoms with Gasteiger partial charge in [0.1, 0.15) is 0 Å². The molecule has 1 aliphatic rings. The van der Waals surface area contributed by atoms with Crippen molar-refractivity contribution >= 4 is 12.0 Å². The quantitative estimate of drug-likeness (QED) is 0.509. The molecule has 4 N–H and O–H groups in total. The third-order valence-corrected chi connectivity index (χ3v) is 3.33. The van der Waals surface area contributed by atoms with Gasteiger partial charge in [0.05, 0.1) is 18.8 Å². The monoisotopic (exact) mass is 288 g/mol. The number of carboxylic acid groups (broad SMARTS) is 1. The molecule has 2 amide bonds. The number of carbonyl (C=O) groups is 2. The number of aliphatic hydroxyl groups excluding tert-OH is 1. The number of hydrogen-bond acceptors (Lipinski definition) is 4. The summed E-state index contributed by atoms with van der Waals surface area (Å²) in [7, 11) is 0. The van der Waals surface area contributed by atoms with E-state index in [1.165, 1.54) is 26.2 Å². The van der Waals surface area contributed by atoms with Gasteiger partial charge in [-0.1, -0.05) is 19.3 Å². The molecule has 0 heterocycles. The van der Waals surface area contributed by atoms with Crippen molar-refractivity contribution in [3.05, 3.63) is 0 Å². The second kappa shape index (κ2) is 8.76. The van der Waals surface area contributed by atoms with Crippen LogP contribution in [0.5, 0.6) is 0 Å². The van der Waals surface area contributed by atoms with Crippen LogP contribution < -0.4 is 10.6 Å². The summed E-state index contributed by atoms with van der Waals surface area (Å²) < 4.78 is 5.63. The van der Waals surface area contributed by atoms with Gasteiger partial charge in [0.2, 0.25) is 0 Å². The number of aliphatic carboxylic acids is 1. The van der Waals surface area contributed by atoms with E-state index in [4.69, 9.17) is 9.84 Å². The Hall–Kier alpha value is -1.34. The molecule has 0 aromatic heterocycles. The minimum Gasteiger partial charge on any atom is -0.480 e. The molecule has 2 unspecified atom stereocenters. The molecule has 1 aliphatic carbocycles. The summed E-state index contributed by atoms with van der Waals surface area (Å²) in [6, 6.07) is -1.93. The van der Waals surface area contributed by atoms with E-state index < -0.39 is 24.1 Å². The van der Waals surface area contributed by atoms with Crippen LogP contribution in [0, 0.1) is 0 Å². The molecule has 0 aromatic carbocycles. The predicted molar refractivity (Wildman–Crippen MR) is 72.5 cm³/mol. The molecule has 0 aromatic rings. The van der Waals surface area contributed by atoms with Crippen LogP contribution in [-0.2, 0) is 9.53 Å². The van der Waals surface area contributed by atoms with Gasteiger partial charge in [0.25, 0.3) is 0 Å². The minimum absolute atomic E-state index is 0.276. The van der Waals surface area contributed by atoms with Crippen molar-refractivity contribution in [1.82, 2.24) is 10.6 Å². The van der Waals surface area contributed by atoms with Crippen LogP contribution in [0.4, 0.5) is 4.79 Å². The molecule has 20 heavy (non-hydrogen) atoms. The van der Waals surface area contributed by atoms with E-state index in [1.54, 1.807) is 0 Å². The summed E-state index contributed by atoms with van der Waals surface area (Å²) >= 11 is 0. The summed E-state index contributed by atoms with van der Waals surface area (Å²) in [6.07, 6.45) is 4.89. The summed E-state index contributed by atoms with van der Waals surface area (Å²) in [6.45, 7) is 2.03. The van der Waals surface area contributed by atoms with Crippen LogP contribution in [0.2, 0.25) is 0 Å². The third kappa shape index (κ3) is 6.21. The minimum atomic E-state index is -1.31. The van der Waals surface area contributed by atoms with Gasteiger partial charge < -0.3 is 25.6 Å². The maximum Gasteiger partial charge on any atom is 0.328 e. The number of rotatable bonds is 7. The van der Waals surface area contributed by atoms with Crippen molar-refractivity contribution in [2.24, 2.45) is 0 Å². The standard InChI is InChI=1S/C13H24N2O5/c1-9(16)11(12(17)18)15-13(19)14-7-8-20-10-5-3-2-4-6-10/h9-11,16H,2-8H2,1H3,(H,17,18)(H2,14,15,19). The molecule has 0 bridgehead atoms. The molecule has 116 valence electrons. The highest BCUT2D eigenvalue weighted by Crippen LogP contribution is 2.19. The lowest BCUT2D eigenvalue weighted by Gasteiger charge is -2.22. The lowest BCUT2D eigenvalue weighted by atomic mass is 9.98. The van der Waals surface area contributed by atoms with Gasteiger partial charge >= 0.3 is 12.0 Å². The lowest BCUT2D eigenvalue weighted by molar-refractivity contribution is -0.141. The Morgan fingerprint density at radius 3 is 2.50 bits per heavy atom. The molecule has 0 aliphatic heterocycles. The van der Waals surface area contributed by atoms with E-state index in [0.717, 1.165) is 12.8 Å². The lowest BCUT2D eigenvalue weighted by Crippen LogP contribution is -2.51. The molecular formula is C13H24N2O5. The number of carbonyl (C=O) groups excluding carboxylic acids is 1. The Labute approximate surface area is 118 Å². The predicted octanol–water partition coefficient (Wildman–Crippen LogP) is 0.469. The summed E-state index contributed by atoms with van der Waals surface area (Å²) in [5.74, 6) is -1.27. The summed E-state index contributed by atoms with van der Waals surface area (Å²) in [5.41, 5.74) is 0. The van der Waals surface area contributed by atoms with Gasteiger partial charge in [-0.05, 0) is 19.8 Å². The smallest absolute Gasteiger partial charge is 0.328 e. The molecule has 0 radical (unpaired) electrons. The topological polar surface area (TPSA) is 108 Å². The second-order valence-electron chi connectivity index (χ2n) is 5.09. The van der Waals surface area contributed by atoms with Crippen molar-refractivity contribution in [1.29, 1.82) is 0 Å². The van der Waals surface area contributed by atoms with Gasteiger partial charge in [-0.3, -0.25) is 0 Å². The highest BCUT2D eigenvalue weighted by atomic mass is 16.5. The van der Waals surface area contributed by atoms with E-state index >= 15 is 0 Å². The number of ether oxygens (including phenoxy) is 1. The Morgan fingerprint density at radius 1 is 1.30 bits per heavy atom. The van der Waals surface area contributed by atoms with E-state index in [0.29, 0.717) is 13.2 Å². The van der Waals surface area contributed by atoms with E-state index in [1.807, 2.05) is 0 Å². The van der Waals surface area contributed by atoms with Crippen LogP contribution >= 0.6 is 0 Å². The number of urea groups is 1. The molecule has 0 spiro atoms. The zero-order valence-electron chi connectivity index (χ0n) is 11.8. The number of carboxylic acids is 1. The molecule has 7 nitrogen and oxygen atoms in total. The van der Waals surface area contributed by atoms with E-state index in [-0.39, 0.29) is 6.10 Å².